The van der Waals surface area contributed by atoms with E-state index in [1.165, 1.54) is 224 Å². The third kappa shape index (κ3) is 14.9. The monoisotopic (exact) mass is 1280 g/mol. The highest BCUT2D eigenvalue weighted by atomic mass is 32.1. The van der Waals surface area contributed by atoms with Crippen LogP contribution in [-0.2, 0) is 22.6 Å². The van der Waals surface area contributed by atoms with Crippen LogP contribution in [0, 0.1) is 0 Å². The summed E-state index contributed by atoms with van der Waals surface area (Å²) < 4.78 is 16.7. The molecule has 0 saturated carbocycles. The van der Waals surface area contributed by atoms with E-state index in [1.54, 1.807) is 22.7 Å². The second kappa shape index (κ2) is 31.9. The van der Waals surface area contributed by atoms with E-state index >= 15 is 0 Å². The van der Waals surface area contributed by atoms with Gasteiger partial charge in [0.15, 0.2) is 0 Å². The lowest BCUT2D eigenvalue weighted by Crippen LogP contribution is -2.03. The first-order valence-corrected chi connectivity index (χ1v) is 38.3. The van der Waals surface area contributed by atoms with Gasteiger partial charge in [0.1, 0.15) is 9.75 Å². The number of thiophene rings is 6. The van der Waals surface area contributed by atoms with Gasteiger partial charge in [0.05, 0.1) is 24.2 Å². The zero-order valence-electron chi connectivity index (χ0n) is 52.3. The van der Waals surface area contributed by atoms with Crippen LogP contribution in [0.3, 0.4) is 0 Å². The van der Waals surface area contributed by atoms with E-state index in [1.807, 2.05) is 34.8 Å². The number of benzene rings is 3. The lowest BCUT2D eigenvalue weighted by molar-refractivity contribution is 0.0496. The molecule has 0 aliphatic heterocycles. The predicted octanol–water partition coefficient (Wildman–Crippen LogP) is 26.0. The van der Waals surface area contributed by atoms with Gasteiger partial charge in [-0.2, -0.15) is 0 Å². The maximum Gasteiger partial charge on any atom is 0.348 e. The third-order valence-electron chi connectivity index (χ3n) is 17.4. The Morgan fingerprint density at radius 3 is 1.09 bits per heavy atom. The van der Waals surface area contributed by atoms with Crippen molar-refractivity contribution in [1.29, 1.82) is 0 Å². The van der Waals surface area contributed by atoms with Gasteiger partial charge in [0.25, 0.3) is 0 Å². The summed E-state index contributed by atoms with van der Waals surface area (Å²) in [5, 5.41) is 9.86. The highest BCUT2D eigenvalue weighted by molar-refractivity contribution is 7.25. The molecular weight excluding hydrogens is 1200 g/mol. The molecule has 12 heteroatoms. The van der Waals surface area contributed by atoms with Crippen molar-refractivity contribution in [3.63, 3.8) is 0 Å². The molecule has 6 nitrogen and oxygen atoms in total. The minimum atomic E-state index is -0.230. The summed E-state index contributed by atoms with van der Waals surface area (Å²) in [4.78, 5) is 36.9. The predicted molar refractivity (Wildman–Crippen MR) is 386 cm³/mol. The molecule has 0 radical (unpaired) electrons. The number of nitrogens with zero attached hydrogens (tertiary/aromatic N) is 2. The number of ether oxygens (including phenoxy) is 2. The quantitative estimate of drug-likeness (QED) is 0.0290. The van der Waals surface area contributed by atoms with E-state index in [0.717, 1.165) is 71.1 Å². The molecule has 0 fully saturated rings. The first-order valence-electron chi connectivity index (χ1n) is 33.3. The van der Waals surface area contributed by atoms with Gasteiger partial charge in [0.2, 0.25) is 0 Å². The van der Waals surface area contributed by atoms with E-state index in [0.29, 0.717) is 23.0 Å². The summed E-state index contributed by atoms with van der Waals surface area (Å²) in [5.74, 6) is -0.461. The van der Waals surface area contributed by atoms with Gasteiger partial charge in [-0.25, -0.2) is 9.59 Å². The second-order valence-electron chi connectivity index (χ2n) is 23.9. The van der Waals surface area contributed by atoms with E-state index in [-0.39, 0.29) is 11.9 Å². The minimum absolute atomic E-state index is 0.230. The highest BCUT2D eigenvalue weighted by Gasteiger charge is 2.30. The molecule has 0 spiro atoms. The molecule has 3 aromatic carbocycles. The van der Waals surface area contributed by atoms with Gasteiger partial charge in [-0.1, -0.05) is 180 Å². The SMILES string of the molecule is CCCCCCCCCCCCn1c2ccc(-c3ccc(-c4ccc(C(=O)OCCCC)s4)s3)cc2c2c(-c3cccs3)c3c(c(-c4cccs4)c21)c1cc(-c2ccc(-c4ccc(C(=O)OCCCC)s4)s2)ccc1n3CCCCCCCCCCCC. The first kappa shape index (κ1) is 63.9. The van der Waals surface area contributed by atoms with Crippen molar-refractivity contribution in [3.05, 3.63) is 130 Å². The topological polar surface area (TPSA) is 62.5 Å². The van der Waals surface area contributed by atoms with Crippen molar-refractivity contribution >= 4 is 124 Å². The maximum atomic E-state index is 13.0. The molecule has 0 aliphatic rings. The number of aromatic nitrogens is 2. The van der Waals surface area contributed by atoms with Crippen molar-refractivity contribution in [2.24, 2.45) is 0 Å². The molecule has 0 N–H and O–H groups in total. The Labute approximate surface area is 546 Å². The summed E-state index contributed by atoms with van der Waals surface area (Å²) in [6.07, 6.45) is 29.6. The summed E-state index contributed by atoms with van der Waals surface area (Å²) in [6.45, 7) is 11.6. The van der Waals surface area contributed by atoms with Crippen LogP contribution in [0.25, 0.3) is 105 Å². The Balaban J connectivity index is 1.07. The zero-order valence-corrected chi connectivity index (χ0v) is 57.2. The Morgan fingerprint density at radius 1 is 0.364 bits per heavy atom. The minimum Gasteiger partial charge on any atom is -0.462 e. The van der Waals surface area contributed by atoms with Gasteiger partial charge in [-0.15, -0.1) is 68.0 Å². The largest absolute Gasteiger partial charge is 0.462 e. The molecular formula is C76H88N2O4S6. The fraction of sp³-hybridized carbons (Fsp3) is 0.421. The van der Waals surface area contributed by atoms with Crippen LogP contribution in [-0.4, -0.2) is 34.3 Å². The van der Waals surface area contributed by atoms with Crippen LogP contribution in [0.15, 0.2) is 120 Å². The number of aryl methyl sites for hydroxylation is 2. The fourth-order valence-corrected chi connectivity index (χ4v) is 18.3. The van der Waals surface area contributed by atoms with Crippen LogP contribution in [0.5, 0.6) is 0 Å². The average Bonchev–Trinajstić information content (AvgIpc) is 1.53. The van der Waals surface area contributed by atoms with E-state index in [4.69, 9.17) is 9.47 Å². The molecule has 11 rings (SSSR count). The summed E-state index contributed by atoms with van der Waals surface area (Å²) >= 11 is 10.4. The molecule has 0 atom stereocenters. The van der Waals surface area contributed by atoms with Crippen molar-refractivity contribution < 1.29 is 19.1 Å². The Hall–Kier alpha value is -5.60. The molecule has 88 heavy (non-hydrogen) atoms. The Bertz CT molecular complexity index is 3750. The standard InChI is InChI=1S/C76H88N2O4S6/c1-5-9-13-15-17-19-21-23-25-27-45-77-57-35-33-53(59-37-39-61(85-59)63-41-43-67(87-63)75(79)81-47-11-7-3)51-55(57)69-72(66-32-30-50-84-66)74-70(71(73(69)77)65-31-29-49-83-65)56-52-54(34-36-58(56)78(74)46-28-26-24-22-20-18-16-14-10-6-2)60-38-40-62(86-60)64-42-44-68(88-64)76(80)82-48-12-8-4/h29-44,49-52H,5-28,45-48H2,1-4H3. The van der Waals surface area contributed by atoms with Gasteiger partial charge in [0, 0.05) is 95.8 Å². The zero-order chi connectivity index (χ0) is 60.6. The van der Waals surface area contributed by atoms with Gasteiger partial charge < -0.3 is 18.6 Å². The molecule has 0 bridgehead atoms. The number of esters is 2. The van der Waals surface area contributed by atoms with E-state index < -0.39 is 0 Å². The fourth-order valence-electron chi connectivity index (χ4n) is 12.8. The Kier molecular flexibility index (Phi) is 23.2. The number of hydrogen-bond donors (Lipinski definition) is 0. The molecule has 8 aromatic heterocycles. The van der Waals surface area contributed by atoms with Crippen LogP contribution in [0.4, 0.5) is 0 Å². The third-order valence-corrected chi connectivity index (χ3v) is 24.0. The van der Waals surface area contributed by atoms with E-state index in [9.17, 15) is 9.59 Å². The van der Waals surface area contributed by atoms with Crippen molar-refractivity contribution in [3.8, 4) is 61.3 Å². The lowest BCUT2D eigenvalue weighted by atomic mass is 9.94. The lowest BCUT2D eigenvalue weighted by Gasteiger charge is -2.17. The molecule has 0 unspecified atom stereocenters. The first-order chi connectivity index (χ1) is 43.4. The summed E-state index contributed by atoms with van der Waals surface area (Å²) in [5.41, 5.74) is 10.4. The maximum absolute atomic E-state index is 13.0. The molecule has 462 valence electrons. The van der Waals surface area contributed by atoms with Gasteiger partial charge >= 0.3 is 11.9 Å². The second-order valence-corrected chi connectivity index (χ2v) is 30.1. The van der Waals surface area contributed by atoms with Gasteiger partial charge in [-0.3, -0.25) is 0 Å². The Morgan fingerprint density at radius 2 is 0.716 bits per heavy atom. The molecule has 0 amide bonds. The smallest absolute Gasteiger partial charge is 0.348 e. The molecule has 8 heterocycles. The molecule has 0 aliphatic carbocycles. The van der Waals surface area contributed by atoms with Crippen molar-refractivity contribution in [2.75, 3.05) is 13.2 Å². The normalized spacial score (nSPS) is 11.9. The number of carbonyl (C=O) groups excluding carboxylic acids is 2. The van der Waals surface area contributed by atoms with Crippen molar-refractivity contribution in [2.45, 2.75) is 195 Å². The summed E-state index contributed by atoms with van der Waals surface area (Å²) in [6, 6.07) is 40.9. The highest BCUT2D eigenvalue weighted by Crippen LogP contribution is 2.54. The number of carbonyl (C=O) groups is 2. The van der Waals surface area contributed by atoms with Crippen LogP contribution in [0.1, 0.15) is 201 Å². The van der Waals surface area contributed by atoms with Gasteiger partial charge in [-0.05, 0) is 132 Å². The molecule has 11 aromatic rings. The number of fused-ring (bicyclic) bond motifs is 6. The van der Waals surface area contributed by atoms with Crippen molar-refractivity contribution in [1.82, 2.24) is 9.13 Å². The van der Waals surface area contributed by atoms with Crippen LogP contribution in [0.2, 0.25) is 0 Å². The average molecular weight is 1290 g/mol. The van der Waals surface area contributed by atoms with Crippen LogP contribution >= 0.6 is 68.0 Å². The number of hydrogen-bond acceptors (Lipinski definition) is 10. The van der Waals surface area contributed by atoms with Crippen LogP contribution < -0.4 is 0 Å². The summed E-state index contributed by atoms with van der Waals surface area (Å²) in [7, 11) is 0. The molecule has 0 saturated heterocycles. The number of rotatable bonds is 36. The number of unbranched alkanes of at least 4 members (excludes halogenated alkanes) is 20. The van der Waals surface area contributed by atoms with E-state index in [2.05, 4.69) is 145 Å².